The van der Waals surface area contributed by atoms with Gasteiger partial charge in [-0.15, -0.1) is 0 Å². The van der Waals surface area contributed by atoms with E-state index in [-0.39, 0.29) is 11.3 Å². The second-order valence-corrected chi connectivity index (χ2v) is 9.63. The van der Waals surface area contributed by atoms with Gasteiger partial charge >= 0.3 is 0 Å². The standard InChI is InChI=1S/C29H33N3O4/c1-6-25(36-24-17-7-19(2)8-18-24)28(35)32-31-27(34)21-11-15-23(16-12-21)30-26(33)20-9-13-22(14-10-20)29(3,4)5/h7-18,25H,6H2,1-5H3,(H,30,33)(H,31,34)(H,32,35)/t25-/m0/s1. The van der Waals surface area contributed by atoms with E-state index in [1.807, 2.05) is 38.1 Å². The minimum absolute atomic E-state index is 0.0104. The number of anilines is 1. The van der Waals surface area contributed by atoms with Crippen LogP contribution in [0.5, 0.6) is 5.75 Å². The highest BCUT2D eigenvalue weighted by atomic mass is 16.5. The predicted molar refractivity (Wildman–Crippen MR) is 141 cm³/mol. The molecule has 0 radical (unpaired) electrons. The first-order chi connectivity index (χ1) is 17.1. The quantitative estimate of drug-likeness (QED) is 0.401. The SMILES string of the molecule is CC[C@H](Oc1ccc(C)cc1)C(=O)NNC(=O)c1ccc(NC(=O)c2ccc(C(C)(C)C)cc2)cc1. The van der Waals surface area contributed by atoms with Crippen molar-refractivity contribution >= 4 is 23.4 Å². The molecule has 188 valence electrons. The summed E-state index contributed by atoms with van der Waals surface area (Å²) in [6.45, 7) is 10.1. The molecule has 1 atom stereocenters. The lowest BCUT2D eigenvalue weighted by atomic mass is 9.87. The fourth-order valence-electron chi connectivity index (χ4n) is 3.40. The van der Waals surface area contributed by atoms with E-state index in [0.717, 1.165) is 11.1 Å². The summed E-state index contributed by atoms with van der Waals surface area (Å²) in [6.07, 6.45) is -0.314. The Labute approximate surface area is 212 Å². The molecular weight excluding hydrogens is 454 g/mol. The summed E-state index contributed by atoms with van der Waals surface area (Å²) < 4.78 is 5.73. The summed E-state index contributed by atoms with van der Waals surface area (Å²) in [5.74, 6) is -0.590. The molecule has 3 aromatic rings. The molecule has 3 amide bonds. The molecule has 0 aliphatic carbocycles. The van der Waals surface area contributed by atoms with Crippen LogP contribution in [0, 0.1) is 6.92 Å². The molecule has 3 rings (SSSR count). The van der Waals surface area contributed by atoms with Crippen molar-refractivity contribution in [2.24, 2.45) is 0 Å². The van der Waals surface area contributed by atoms with Gasteiger partial charge in [0.25, 0.3) is 17.7 Å². The Morgan fingerprint density at radius 2 is 1.33 bits per heavy atom. The average Bonchev–Trinajstić information content (AvgIpc) is 2.86. The lowest BCUT2D eigenvalue weighted by Crippen LogP contribution is -2.47. The number of hydrogen-bond acceptors (Lipinski definition) is 4. The Kier molecular flexibility index (Phi) is 8.48. The van der Waals surface area contributed by atoms with Gasteiger partial charge in [0.15, 0.2) is 6.10 Å². The van der Waals surface area contributed by atoms with Gasteiger partial charge in [0.2, 0.25) is 0 Å². The van der Waals surface area contributed by atoms with E-state index in [1.54, 1.807) is 48.5 Å². The van der Waals surface area contributed by atoms with Crippen LogP contribution >= 0.6 is 0 Å². The number of rotatable bonds is 7. The van der Waals surface area contributed by atoms with Gasteiger partial charge in [0, 0.05) is 16.8 Å². The molecular formula is C29H33N3O4. The molecule has 0 unspecified atom stereocenters. The number of ether oxygens (including phenoxy) is 1. The number of benzene rings is 3. The second kappa shape index (κ2) is 11.5. The average molecular weight is 488 g/mol. The normalized spacial score (nSPS) is 11.8. The van der Waals surface area contributed by atoms with Crippen molar-refractivity contribution in [2.75, 3.05) is 5.32 Å². The van der Waals surface area contributed by atoms with Crippen LogP contribution < -0.4 is 20.9 Å². The van der Waals surface area contributed by atoms with Gasteiger partial charge in [-0.25, -0.2) is 0 Å². The topological polar surface area (TPSA) is 96.5 Å². The molecule has 0 aliphatic heterocycles. The van der Waals surface area contributed by atoms with Crippen LogP contribution in [0.3, 0.4) is 0 Å². The molecule has 0 aliphatic rings. The molecule has 0 aromatic heterocycles. The van der Waals surface area contributed by atoms with Crippen LogP contribution in [0.15, 0.2) is 72.8 Å². The molecule has 7 nitrogen and oxygen atoms in total. The van der Waals surface area contributed by atoms with Gasteiger partial charge in [-0.2, -0.15) is 0 Å². The smallest absolute Gasteiger partial charge is 0.279 e. The first-order valence-electron chi connectivity index (χ1n) is 11.9. The molecule has 3 aromatic carbocycles. The van der Waals surface area contributed by atoms with Gasteiger partial charge in [-0.05, 0) is 72.9 Å². The highest BCUT2D eigenvalue weighted by Crippen LogP contribution is 2.22. The minimum Gasteiger partial charge on any atom is -0.481 e. The van der Waals surface area contributed by atoms with Gasteiger partial charge in [0.05, 0.1) is 0 Å². The first-order valence-corrected chi connectivity index (χ1v) is 11.9. The Morgan fingerprint density at radius 3 is 1.89 bits per heavy atom. The maximum absolute atomic E-state index is 12.6. The molecule has 7 heteroatoms. The highest BCUT2D eigenvalue weighted by molar-refractivity contribution is 6.04. The van der Waals surface area contributed by atoms with E-state index >= 15 is 0 Å². The van der Waals surface area contributed by atoms with Crippen LogP contribution in [0.25, 0.3) is 0 Å². The lowest BCUT2D eigenvalue weighted by molar-refractivity contribution is -0.128. The van der Waals surface area contributed by atoms with Crippen molar-refractivity contribution in [3.05, 3.63) is 95.1 Å². The first kappa shape index (κ1) is 26.5. The van der Waals surface area contributed by atoms with E-state index < -0.39 is 17.9 Å². The number of amides is 3. The summed E-state index contributed by atoms with van der Waals surface area (Å²) in [7, 11) is 0. The Balaban J connectivity index is 1.52. The molecule has 0 fully saturated rings. The zero-order valence-corrected chi connectivity index (χ0v) is 21.3. The molecule has 0 bridgehead atoms. The fourth-order valence-corrected chi connectivity index (χ4v) is 3.40. The third-order valence-electron chi connectivity index (χ3n) is 5.68. The van der Waals surface area contributed by atoms with Crippen LogP contribution in [0.1, 0.15) is 66.0 Å². The molecule has 0 spiro atoms. The van der Waals surface area contributed by atoms with Crippen molar-refractivity contribution in [2.45, 2.75) is 52.6 Å². The van der Waals surface area contributed by atoms with E-state index in [0.29, 0.717) is 29.0 Å². The minimum atomic E-state index is -0.747. The third kappa shape index (κ3) is 7.18. The Morgan fingerprint density at radius 1 is 0.778 bits per heavy atom. The van der Waals surface area contributed by atoms with Crippen molar-refractivity contribution in [1.82, 2.24) is 10.9 Å². The van der Waals surface area contributed by atoms with Gasteiger partial charge in [-0.3, -0.25) is 25.2 Å². The monoisotopic (exact) mass is 487 g/mol. The summed E-state index contributed by atoms with van der Waals surface area (Å²) in [4.78, 5) is 37.5. The number of carbonyl (C=O) groups is 3. The number of hydrogen-bond donors (Lipinski definition) is 3. The zero-order valence-electron chi connectivity index (χ0n) is 21.3. The number of carbonyl (C=O) groups excluding carboxylic acids is 3. The largest absolute Gasteiger partial charge is 0.481 e. The summed E-state index contributed by atoms with van der Waals surface area (Å²) in [5.41, 5.74) is 8.50. The van der Waals surface area contributed by atoms with E-state index in [1.165, 1.54) is 0 Å². The number of aryl methyl sites for hydroxylation is 1. The number of nitrogens with one attached hydrogen (secondary N) is 3. The van der Waals surface area contributed by atoms with Crippen molar-refractivity contribution in [1.29, 1.82) is 0 Å². The molecule has 3 N–H and O–H groups in total. The van der Waals surface area contributed by atoms with Gasteiger partial charge in [-0.1, -0.05) is 57.5 Å². The highest BCUT2D eigenvalue weighted by Gasteiger charge is 2.19. The second-order valence-electron chi connectivity index (χ2n) is 9.63. The summed E-state index contributed by atoms with van der Waals surface area (Å²) in [6, 6.07) is 21.3. The molecule has 36 heavy (non-hydrogen) atoms. The van der Waals surface area contributed by atoms with Crippen LogP contribution in [0.2, 0.25) is 0 Å². The Bertz CT molecular complexity index is 1200. The van der Waals surface area contributed by atoms with E-state index in [4.69, 9.17) is 4.74 Å². The van der Waals surface area contributed by atoms with Crippen LogP contribution in [-0.2, 0) is 10.2 Å². The summed E-state index contributed by atoms with van der Waals surface area (Å²) >= 11 is 0. The van der Waals surface area contributed by atoms with Gasteiger partial charge in [0.1, 0.15) is 5.75 Å². The fraction of sp³-hybridized carbons (Fsp3) is 0.276. The van der Waals surface area contributed by atoms with Crippen LogP contribution in [0.4, 0.5) is 5.69 Å². The number of hydrazine groups is 1. The maximum atomic E-state index is 12.6. The van der Waals surface area contributed by atoms with E-state index in [9.17, 15) is 14.4 Å². The molecule has 0 heterocycles. The molecule has 0 saturated carbocycles. The zero-order chi connectivity index (χ0) is 26.3. The van der Waals surface area contributed by atoms with Crippen molar-refractivity contribution < 1.29 is 19.1 Å². The van der Waals surface area contributed by atoms with Gasteiger partial charge < -0.3 is 10.1 Å². The summed E-state index contributed by atoms with van der Waals surface area (Å²) in [5, 5.41) is 2.83. The van der Waals surface area contributed by atoms with Crippen molar-refractivity contribution in [3.8, 4) is 5.75 Å². The maximum Gasteiger partial charge on any atom is 0.279 e. The third-order valence-corrected chi connectivity index (χ3v) is 5.68. The van der Waals surface area contributed by atoms with E-state index in [2.05, 4.69) is 36.9 Å². The lowest BCUT2D eigenvalue weighted by Gasteiger charge is -2.19. The predicted octanol–water partition coefficient (Wildman–Crippen LogP) is 5.16. The van der Waals surface area contributed by atoms with Crippen LogP contribution in [-0.4, -0.2) is 23.8 Å². The molecule has 0 saturated heterocycles. The Hall–Kier alpha value is -4.13. The van der Waals surface area contributed by atoms with Crippen molar-refractivity contribution in [3.63, 3.8) is 0 Å².